The number of nitrogen functional groups attached to an aromatic ring is 1. The molecular weight excluding hydrogens is 256 g/mol. The van der Waals surface area contributed by atoms with Crippen molar-refractivity contribution < 1.29 is 9.47 Å². The molecule has 0 amide bonds. The first-order valence-corrected chi connectivity index (χ1v) is 7.10. The summed E-state index contributed by atoms with van der Waals surface area (Å²) in [6, 6.07) is 0. The Bertz CT molecular complexity index is 459. The van der Waals surface area contributed by atoms with Gasteiger partial charge in [0.15, 0.2) is 0 Å². The van der Waals surface area contributed by atoms with Crippen LogP contribution in [-0.2, 0) is 15.9 Å². The van der Waals surface area contributed by atoms with E-state index in [2.05, 4.69) is 22.2 Å². The highest BCUT2D eigenvalue weighted by Crippen LogP contribution is 2.24. The van der Waals surface area contributed by atoms with Gasteiger partial charge in [-0.15, -0.1) is 0 Å². The van der Waals surface area contributed by atoms with Crippen molar-refractivity contribution in [3.63, 3.8) is 0 Å². The van der Waals surface area contributed by atoms with Crippen LogP contribution in [-0.4, -0.2) is 42.4 Å². The van der Waals surface area contributed by atoms with Crippen molar-refractivity contribution in [1.82, 2.24) is 9.97 Å². The lowest BCUT2D eigenvalue weighted by Crippen LogP contribution is -2.40. The van der Waals surface area contributed by atoms with E-state index in [9.17, 15) is 0 Å². The number of hydrogen-bond acceptors (Lipinski definition) is 6. The second-order valence-corrected chi connectivity index (χ2v) is 5.29. The van der Waals surface area contributed by atoms with Crippen LogP contribution in [0, 0.1) is 6.92 Å². The molecule has 6 nitrogen and oxygen atoms in total. The van der Waals surface area contributed by atoms with Gasteiger partial charge in [-0.3, -0.25) is 0 Å². The molecule has 2 rings (SSSR count). The summed E-state index contributed by atoms with van der Waals surface area (Å²) in [6.07, 6.45) is 2.72. The highest BCUT2D eigenvalue weighted by Gasteiger charge is 2.35. The third-order valence-corrected chi connectivity index (χ3v) is 3.78. The molecule has 3 N–H and O–H groups in total. The Morgan fingerprint density at radius 2 is 2.25 bits per heavy atom. The van der Waals surface area contributed by atoms with Crippen LogP contribution in [0.3, 0.4) is 0 Å². The molecule has 1 atom stereocenters. The summed E-state index contributed by atoms with van der Waals surface area (Å²) in [5, 5.41) is 3.35. The van der Waals surface area contributed by atoms with Gasteiger partial charge in [-0.25, -0.2) is 9.97 Å². The van der Waals surface area contributed by atoms with E-state index in [-0.39, 0.29) is 5.60 Å². The molecule has 1 aromatic heterocycles. The lowest BCUT2D eigenvalue weighted by molar-refractivity contribution is -0.00626. The molecule has 0 aliphatic carbocycles. The van der Waals surface area contributed by atoms with Gasteiger partial charge in [0, 0.05) is 38.7 Å². The fourth-order valence-electron chi connectivity index (χ4n) is 2.30. The molecule has 1 saturated heterocycles. The number of hydrogen-bond donors (Lipinski definition) is 2. The zero-order valence-electron chi connectivity index (χ0n) is 12.5. The number of aryl methyl sites for hydroxylation is 1. The fourth-order valence-corrected chi connectivity index (χ4v) is 2.30. The summed E-state index contributed by atoms with van der Waals surface area (Å²) in [4.78, 5) is 8.86. The molecule has 112 valence electrons. The molecule has 1 aliphatic rings. The maximum Gasteiger partial charge on any atom is 0.134 e. The third kappa shape index (κ3) is 3.19. The summed E-state index contributed by atoms with van der Waals surface area (Å²) in [5.41, 5.74) is 6.57. The molecular formula is C14H24N4O2. The van der Waals surface area contributed by atoms with Crippen molar-refractivity contribution in [3.8, 4) is 0 Å². The van der Waals surface area contributed by atoms with E-state index in [1.54, 1.807) is 7.11 Å². The number of rotatable bonds is 6. The van der Waals surface area contributed by atoms with E-state index in [0.29, 0.717) is 19.0 Å². The Labute approximate surface area is 120 Å². The quantitative estimate of drug-likeness (QED) is 0.822. The molecule has 0 saturated carbocycles. The summed E-state index contributed by atoms with van der Waals surface area (Å²) < 4.78 is 11.0. The Balaban J connectivity index is 2.12. The molecule has 0 bridgehead atoms. The number of aromatic nitrogens is 2. The number of nitrogens with one attached hydrogen (secondary N) is 1. The summed E-state index contributed by atoms with van der Waals surface area (Å²) >= 11 is 0. The van der Waals surface area contributed by atoms with Crippen LogP contribution in [0.5, 0.6) is 0 Å². The van der Waals surface area contributed by atoms with Gasteiger partial charge in [0.05, 0.1) is 6.61 Å². The van der Waals surface area contributed by atoms with Gasteiger partial charge in [0.25, 0.3) is 0 Å². The Morgan fingerprint density at radius 1 is 1.45 bits per heavy atom. The van der Waals surface area contributed by atoms with E-state index in [1.165, 1.54) is 0 Å². The molecule has 1 aromatic rings. The summed E-state index contributed by atoms with van der Waals surface area (Å²) in [7, 11) is 1.72. The number of anilines is 2. The standard InChI is InChI=1S/C14H24N4O2/c1-4-5-11-17-12(15)10(2)13(18-11)16-8-14(19-3)6-7-20-9-14/h4-9H2,1-3H3,(H3,15,16,17,18). The Morgan fingerprint density at radius 3 is 2.85 bits per heavy atom. The maximum absolute atomic E-state index is 5.95. The first-order chi connectivity index (χ1) is 9.60. The molecule has 1 unspecified atom stereocenters. The monoisotopic (exact) mass is 280 g/mol. The van der Waals surface area contributed by atoms with Crippen LogP contribution in [0.15, 0.2) is 0 Å². The van der Waals surface area contributed by atoms with Crippen LogP contribution in [0.2, 0.25) is 0 Å². The lowest BCUT2D eigenvalue weighted by Gasteiger charge is -2.26. The van der Waals surface area contributed by atoms with Crippen LogP contribution < -0.4 is 11.1 Å². The van der Waals surface area contributed by atoms with Gasteiger partial charge in [-0.05, 0) is 13.3 Å². The van der Waals surface area contributed by atoms with Crippen molar-refractivity contribution >= 4 is 11.6 Å². The predicted molar refractivity (Wildman–Crippen MR) is 78.8 cm³/mol. The predicted octanol–water partition coefficient (Wildman–Crippen LogP) is 1.54. The fraction of sp³-hybridized carbons (Fsp3) is 0.714. The second-order valence-electron chi connectivity index (χ2n) is 5.29. The van der Waals surface area contributed by atoms with Crippen LogP contribution in [0.25, 0.3) is 0 Å². The lowest BCUT2D eigenvalue weighted by atomic mass is 10.0. The molecule has 0 radical (unpaired) electrons. The third-order valence-electron chi connectivity index (χ3n) is 3.78. The minimum absolute atomic E-state index is 0.267. The van der Waals surface area contributed by atoms with E-state index in [1.807, 2.05) is 6.92 Å². The van der Waals surface area contributed by atoms with Crippen molar-refractivity contribution in [3.05, 3.63) is 11.4 Å². The molecule has 6 heteroatoms. The van der Waals surface area contributed by atoms with Gasteiger partial charge in [0.2, 0.25) is 0 Å². The molecule has 0 aromatic carbocycles. The molecule has 20 heavy (non-hydrogen) atoms. The SMILES string of the molecule is CCCc1nc(N)c(C)c(NCC2(OC)CCOC2)n1. The number of methoxy groups -OCH3 is 1. The van der Waals surface area contributed by atoms with Crippen LogP contribution in [0.4, 0.5) is 11.6 Å². The van der Waals surface area contributed by atoms with E-state index < -0.39 is 0 Å². The average Bonchev–Trinajstić information content (AvgIpc) is 2.91. The van der Waals surface area contributed by atoms with Crippen molar-refractivity contribution in [2.75, 3.05) is 37.9 Å². The van der Waals surface area contributed by atoms with E-state index in [0.717, 1.165) is 43.1 Å². The minimum Gasteiger partial charge on any atom is -0.383 e. The zero-order valence-corrected chi connectivity index (χ0v) is 12.5. The number of nitrogens with zero attached hydrogens (tertiary/aromatic N) is 2. The van der Waals surface area contributed by atoms with Gasteiger partial charge < -0.3 is 20.5 Å². The largest absolute Gasteiger partial charge is 0.383 e. The van der Waals surface area contributed by atoms with E-state index in [4.69, 9.17) is 15.2 Å². The van der Waals surface area contributed by atoms with Crippen LogP contribution in [0.1, 0.15) is 31.2 Å². The molecule has 1 aliphatic heterocycles. The number of ether oxygens (including phenoxy) is 2. The highest BCUT2D eigenvalue weighted by atomic mass is 16.5. The van der Waals surface area contributed by atoms with Crippen LogP contribution >= 0.6 is 0 Å². The first-order valence-electron chi connectivity index (χ1n) is 7.10. The van der Waals surface area contributed by atoms with Crippen molar-refractivity contribution in [1.29, 1.82) is 0 Å². The van der Waals surface area contributed by atoms with E-state index >= 15 is 0 Å². The highest BCUT2D eigenvalue weighted by molar-refractivity contribution is 5.55. The van der Waals surface area contributed by atoms with Gasteiger partial charge in [0.1, 0.15) is 23.1 Å². The Hall–Kier alpha value is -1.40. The van der Waals surface area contributed by atoms with Crippen molar-refractivity contribution in [2.24, 2.45) is 0 Å². The topological polar surface area (TPSA) is 82.3 Å². The summed E-state index contributed by atoms with van der Waals surface area (Å²) in [6.45, 7) is 6.03. The number of nitrogens with two attached hydrogens (primary N) is 1. The average molecular weight is 280 g/mol. The Kier molecular flexibility index (Phi) is 4.77. The zero-order chi connectivity index (χ0) is 14.6. The molecule has 2 heterocycles. The van der Waals surface area contributed by atoms with Gasteiger partial charge >= 0.3 is 0 Å². The first kappa shape index (κ1) is 15.0. The smallest absolute Gasteiger partial charge is 0.134 e. The summed E-state index contributed by atoms with van der Waals surface area (Å²) in [5.74, 6) is 2.12. The van der Waals surface area contributed by atoms with Gasteiger partial charge in [-0.1, -0.05) is 6.92 Å². The van der Waals surface area contributed by atoms with Gasteiger partial charge in [-0.2, -0.15) is 0 Å². The maximum atomic E-state index is 5.95. The normalized spacial score (nSPS) is 22.1. The molecule has 1 fully saturated rings. The minimum atomic E-state index is -0.267. The second kappa shape index (κ2) is 6.37. The molecule has 0 spiro atoms. The van der Waals surface area contributed by atoms with Crippen molar-refractivity contribution in [2.45, 2.75) is 38.7 Å².